The summed E-state index contributed by atoms with van der Waals surface area (Å²) in [5, 5.41) is 5.63. The number of halogens is 3. The van der Waals surface area contributed by atoms with Crippen LogP contribution >= 0.6 is 0 Å². The number of alkyl halides is 3. The van der Waals surface area contributed by atoms with Crippen molar-refractivity contribution in [2.24, 2.45) is 12.5 Å². The molecule has 1 amide bonds. The number of para-hydroxylation sites is 1. The van der Waals surface area contributed by atoms with Crippen LogP contribution in [0.25, 0.3) is 0 Å². The standard InChI is InChI=1S/C27H26F3N3O4/c1-33-12-10-19(14-24(33)35)23(34)15-26(11-13-37-17-26)25(36)31-16-18-6-8-20(9-7-18)32-22-5-3-2-4-21(22)27(28,29)30/h2-10,12,14,32H,11,13,15-17H2,1H3,(H,31,36)/t26-/m0/s1. The van der Waals surface area contributed by atoms with E-state index < -0.39 is 17.2 Å². The predicted octanol–water partition coefficient (Wildman–Crippen LogP) is 4.44. The van der Waals surface area contributed by atoms with Crippen molar-refractivity contribution in [2.45, 2.75) is 25.6 Å². The molecule has 0 bridgehead atoms. The molecule has 1 saturated heterocycles. The molecule has 7 nitrogen and oxygen atoms in total. The summed E-state index contributed by atoms with van der Waals surface area (Å²) in [6.45, 7) is 0.605. The van der Waals surface area contributed by atoms with Crippen molar-refractivity contribution in [1.29, 1.82) is 0 Å². The number of hydrogen-bond acceptors (Lipinski definition) is 5. The minimum absolute atomic E-state index is 0.0554. The molecular weight excluding hydrogens is 487 g/mol. The number of hydrogen-bond donors (Lipinski definition) is 2. The highest BCUT2D eigenvalue weighted by Crippen LogP contribution is 2.36. The summed E-state index contributed by atoms with van der Waals surface area (Å²) in [4.78, 5) is 37.9. The molecule has 194 valence electrons. The van der Waals surface area contributed by atoms with E-state index in [1.54, 1.807) is 37.4 Å². The van der Waals surface area contributed by atoms with Crippen molar-refractivity contribution < 1.29 is 27.5 Å². The number of aromatic nitrogens is 1. The Morgan fingerprint density at radius 2 is 1.81 bits per heavy atom. The Morgan fingerprint density at radius 1 is 1.08 bits per heavy atom. The van der Waals surface area contributed by atoms with Crippen LogP contribution in [0.5, 0.6) is 0 Å². The zero-order valence-electron chi connectivity index (χ0n) is 20.1. The van der Waals surface area contributed by atoms with E-state index in [0.717, 1.165) is 11.6 Å². The van der Waals surface area contributed by atoms with E-state index in [-0.39, 0.29) is 48.1 Å². The van der Waals surface area contributed by atoms with E-state index in [2.05, 4.69) is 10.6 Å². The third-order valence-corrected chi connectivity index (χ3v) is 6.43. The number of carbonyl (C=O) groups is 2. The van der Waals surface area contributed by atoms with Crippen molar-refractivity contribution in [3.8, 4) is 0 Å². The molecule has 10 heteroatoms. The molecule has 0 aliphatic carbocycles. The lowest BCUT2D eigenvalue weighted by Crippen LogP contribution is -2.42. The van der Waals surface area contributed by atoms with Crippen molar-refractivity contribution in [3.05, 3.63) is 93.9 Å². The number of pyridine rings is 1. The first-order valence-corrected chi connectivity index (χ1v) is 11.7. The molecule has 2 N–H and O–H groups in total. The van der Waals surface area contributed by atoms with E-state index in [9.17, 15) is 27.6 Å². The Kier molecular flexibility index (Phi) is 7.49. The second kappa shape index (κ2) is 10.6. The Morgan fingerprint density at radius 3 is 2.46 bits per heavy atom. The summed E-state index contributed by atoms with van der Waals surface area (Å²) >= 11 is 0. The lowest BCUT2D eigenvalue weighted by Gasteiger charge is -2.25. The van der Waals surface area contributed by atoms with Crippen LogP contribution in [0.3, 0.4) is 0 Å². The Balaban J connectivity index is 1.40. The number of Topliss-reactive ketones (excluding diaryl/α,β-unsaturated/α-hetero) is 1. The number of ether oxygens (including phenoxy) is 1. The monoisotopic (exact) mass is 513 g/mol. The average molecular weight is 514 g/mol. The average Bonchev–Trinajstić information content (AvgIpc) is 3.34. The molecule has 0 unspecified atom stereocenters. The predicted molar refractivity (Wildman–Crippen MR) is 132 cm³/mol. The molecule has 2 aromatic carbocycles. The quantitative estimate of drug-likeness (QED) is 0.435. The maximum absolute atomic E-state index is 13.2. The second-order valence-corrected chi connectivity index (χ2v) is 9.10. The molecule has 0 saturated carbocycles. The number of anilines is 2. The van der Waals surface area contributed by atoms with Gasteiger partial charge in [0.25, 0.3) is 5.56 Å². The van der Waals surface area contributed by atoms with Gasteiger partial charge in [0.2, 0.25) is 5.91 Å². The van der Waals surface area contributed by atoms with Gasteiger partial charge in [0.15, 0.2) is 5.78 Å². The molecule has 2 heterocycles. The lowest BCUT2D eigenvalue weighted by atomic mass is 9.80. The molecule has 1 aliphatic heterocycles. The third kappa shape index (κ3) is 6.08. The smallest absolute Gasteiger partial charge is 0.380 e. The number of benzene rings is 2. The molecule has 4 rings (SSSR count). The van der Waals surface area contributed by atoms with E-state index in [4.69, 9.17) is 4.74 Å². The summed E-state index contributed by atoms with van der Waals surface area (Å²) in [5.74, 6) is -0.642. The fourth-order valence-corrected chi connectivity index (χ4v) is 4.21. The number of aryl methyl sites for hydroxylation is 1. The van der Waals surface area contributed by atoms with Gasteiger partial charge in [-0.1, -0.05) is 24.3 Å². The highest BCUT2D eigenvalue weighted by molar-refractivity contribution is 5.99. The van der Waals surface area contributed by atoms with E-state index in [1.165, 1.54) is 35.0 Å². The largest absolute Gasteiger partial charge is 0.418 e. The fraction of sp³-hybridized carbons (Fsp3) is 0.296. The van der Waals surface area contributed by atoms with Gasteiger partial charge in [-0.3, -0.25) is 14.4 Å². The first-order chi connectivity index (χ1) is 17.6. The van der Waals surface area contributed by atoms with Crippen LogP contribution in [0.1, 0.15) is 34.3 Å². The van der Waals surface area contributed by atoms with Gasteiger partial charge in [0, 0.05) is 50.1 Å². The Bertz CT molecular complexity index is 1340. The van der Waals surface area contributed by atoms with Gasteiger partial charge in [-0.05, 0) is 42.3 Å². The lowest BCUT2D eigenvalue weighted by molar-refractivity contribution is -0.137. The number of carbonyl (C=O) groups excluding carboxylic acids is 2. The van der Waals surface area contributed by atoms with Gasteiger partial charge < -0.3 is 19.9 Å². The van der Waals surface area contributed by atoms with Crippen molar-refractivity contribution in [3.63, 3.8) is 0 Å². The van der Waals surface area contributed by atoms with Crippen LogP contribution in [0.4, 0.5) is 24.5 Å². The van der Waals surface area contributed by atoms with Crippen molar-refractivity contribution in [2.75, 3.05) is 18.5 Å². The fourth-order valence-electron chi connectivity index (χ4n) is 4.21. The minimum atomic E-state index is -4.48. The van der Waals surface area contributed by atoms with Gasteiger partial charge in [-0.15, -0.1) is 0 Å². The summed E-state index contributed by atoms with van der Waals surface area (Å²) in [6, 6.07) is 14.7. The molecule has 1 aromatic heterocycles. The first-order valence-electron chi connectivity index (χ1n) is 11.7. The third-order valence-electron chi connectivity index (χ3n) is 6.43. The van der Waals surface area contributed by atoms with E-state index in [1.807, 2.05) is 0 Å². The molecule has 3 aromatic rings. The number of ketones is 1. The SMILES string of the molecule is Cn1ccc(C(=O)C[C@@]2(C(=O)NCc3ccc(Nc4ccccc4C(F)(F)F)cc3)CCOC2)cc1=O. The second-order valence-electron chi connectivity index (χ2n) is 9.10. The normalized spacial score (nSPS) is 17.4. The van der Waals surface area contributed by atoms with Gasteiger partial charge in [0.1, 0.15) is 0 Å². The van der Waals surface area contributed by atoms with Crippen LogP contribution in [-0.4, -0.2) is 29.5 Å². The molecule has 1 atom stereocenters. The van der Waals surface area contributed by atoms with Crippen LogP contribution < -0.4 is 16.2 Å². The Labute approximate surface area is 211 Å². The number of nitrogens with zero attached hydrogens (tertiary/aromatic N) is 1. The zero-order chi connectivity index (χ0) is 26.6. The summed E-state index contributed by atoms with van der Waals surface area (Å²) in [5.41, 5.74) is -0.728. The molecule has 1 fully saturated rings. The Hall–Kier alpha value is -3.92. The molecule has 1 aliphatic rings. The summed E-state index contributed by atoms with van der Waals surface area (Å²) < 4.78 is 46.5. The maximum Gasteiger partial charge on any atom is 0.418 e. The molecule has 0 radical (unpaired) electrons. The minimum Gasteiger partial charge on any atom is -0.380 e. The van der Waals surface area contributed by atoms with Crippen LogP contribution in [0.15, 0.2) is 71.7 Å². The number of nitrogens with one attached hydrogen (secondary N) is 2. The summed E-state index contributed by atoms with van der Waals surface area (Å²) in [6.07, 6.45) is -2.69. The summed E-state index contributed by atoms with van der Waals surface area (Å²) in [7, 11) is 1.58. The van der Waals surface area contributed by atoms with E-state index >= 15 is 0 Å². The topological polar surface area (TPSA) is 89.4 Å². The van der Waals surface area contributed by atoms with Crippen LogP contribution in [0, 0.1) is 5.41 Å². The van der Waals surface area contributed by atoms with Crippen LogP contribution in [-0.2, 0) is 29.3 Å². The van der Waals surface area contributed by atoms with Gasteiger partial charge in [-0.2, -0.15) is 13.2 Å². The highest BCUT2D eigenvalue weighted by atomic mass is 19.4. The van der Waals surface area contributed by atoms with Gasteiger partial charge in [0.05, 0.1) is 23.3 Å². The maximum atomic E-state index is 13.2. The van der Waals surface area contributed by atoms with Gasteiger partial charge >= 0.3 is 6.18 Å². The van der Waals surface area contributed by atoms with E-state index in [0.29, 0.717) is 18.7 Å². The zero-order valence-corrected chi connectivity index (χ0v) is 20.1. The van der Waals surface area contributed by atoms with Crippen LogP contribution in [0.2, 0.25) is 0 Å². The molecule has 0 spiro atoms. The molecule has 37 heavy (non-hydrogen) atoms. The number of amides is 1. The van der Waals surface area contributed by atoms with Crippen molar-refractivity contribution >= 4 is 23.1 Å². The molecular formula is C27H26F3N3O4. The highest BCUT2D eigenvalue weighted by Gasteiger charge is 2.44. The number of rotatable bonds is 8. The van der Waals surface area contributed by atoms with Crippen molar-refractivity contribution in [1.82, 2.24) is 9.88 Å². The first kappa shape index (κ1) is 26.2. The van der Waals surface area contributed by atoms with Gasteiger partial charge in [-0.25, -0.2) is 0 Å².